The molecule has 1 amide bonds. The summed E-state index contributed by atoms with van der Waals surface area (Å²) in [6.45, 7) is 0.998. The van der Waals surface area contributed by atoms with Gasteiger partial charge in [-0.3, -0.25) is 4.79 Å². The molecule has 0 unspecified atom stereocenters. The summed E-state index contributed by atoms with van der Waals surface area (Å²) >= 11 is 1.57. The first-order chi connectivity index (χ1) is 4.63. The monoisotopic (exact) mass is 162 g/mol. The SMILES string of the molecule is CN(C)CCSCC(N)=O. The molecule has 0 aromatic carbocycles. The lowest BCUT2D eigenvalue weighted by atomic mass is 10.7. The first-order valence-electron chi connectivity index (χ1n) is 3.13. The molecule has 60 valence electrons. The molecule has 0 aromatic rings. The van der Waals surface area contributed by atoms with Crippen LogP contribution in [0, 0.1) is 0 Å². The zero-order valence-electron chi connectivity index (χ0n) is 6.46. The first-order valence-corrected chi connectivity index (χ1v) is 4.29. The largest absolute Gasteiger partial charge is 0.369 e. The van der Waals surface area contributed by atoms with Gasteiger partial charge in [0, 0.05) is 12.3 Å². The fourth-order valence-electron chi connectivity index (χ4n) is 0.420. The Kier molecular flexibility index (Phi) is 5.43. The number of carbonyl (C=O) groups excluding carboxylic acids is 1. The van der Waals surface area contributed by atoms with Crippen LogP contribution in [0.1, 0.15) is 0 Å². The Bertz CT molecular complexity index is 106. The molecule has 0 saturated carbocycles. The van der Waals surface area contributed by atoms with Crippen LogP contribution in [0.5, 0.6) is 0 Å². The van der Waals surface area contributed by atoms with Crippen molar-refractivity contribution in [3.05, 3.63) is 0 Å². The molecule has 0 spiro atoms. The normalized spacial score (nSPS) is 10.3. The lowest BCUT2D eigenvalue weighted by molar-refractivity contribution is -0.115. The van der Waals surface area contributed by atoms with Crippen molar-refractivity contribution in [2.24, 2.45) is 5.73 Å². The van der Waals surface area contributed by atoms with Gasteiger partial charge in [0.25, 0.3) is 0 Å². The third-order valence-electron chi connectivity index (χ3n) is 0.927. The highest BCUT2D eigenvalue weighted by Crippen LogP contribution is 1.97. The van der Waals surface area contributed by atoms with Gasteiger partial charge in [-0.1, -0.05) is 0 Å². The number of carbonyl (C=O) groups is 1. The van der Waals surface area contributed by atoms with Gasteiger partial charge in [0.1, 0.15) is 0 Å². The lowest BCUT2D eigenvalue weighted by Crippen LogP contribution is -2.18. The smallest absolute Gasteiger partial charge is 0.227 e. The zero-order valence-corrected chi connectivity index (χ0v) is 7.28. The van der Waals surface area contributed by atoms with Crippen LogP contribution >= 0.6 is 11.8 Å². The summed E-state index contributed by atoms with van der Waals surface area (Å²) in [6, 6.07) is 0. The fourth-order valence-corrected chi connectivity index (χ4v) is 1.26. The van der Waals surface area contributed by atoms with E-state index in [2.05, 4.69) is 4.90 Å². The van der Waals surface area contributed by atoms with E-state index in [1.54, 1.807) is 11.8 Å². The minimum Gasteiger partial charge on any atom is -0.369 e. The number of thioether (sulfide) groups is 1. The first kappa shape index (κ1) is 9.78. The van der Waals surface area contributed by atoms with E-state index in [0.717, 1.165) is 12.3 Å². The van der Waals surface area contributed by atoms with Gasteiger partial charge in [0.05, 0.1) is 5.75 Å². The van der Waals surface area contributed by atoms with Gasteiger partial charge in [-0.25, -0.2) is 0 Å². The van der Waals surface area contributed by atoms with Crippen LogP contribution in [0.2, 0.25) is 0 Å². The third kappa shape index (κ3) is 7.78. The second-order valence-corrected chi connectivity index (χ2v) is 3.43. The van der Waals surface area contributed by atoms with E-state index in [1.165, 1.54) is 0 Å². The maximum absolute atomic E-state index is 10.2. The molecule has 0 aliphatic carbocycles. The molecular formula is C6H14N2OS. The van der Waals surface area contributed by atoms with E-state index in [9.17, 15) is 4.79 Å². The molecule has 0 heterocycles. The molecule has 0 fully saturated rings. The van der Waals surface area contributed by atoms with E-state index in [0.29, 0.717) is 5.75 Å². The third-order valence-corrected chi connectivity index (χ3v) is 1.89. The predicted octanol–water partition coefficient (Wildman–Crippen LogP) is -0.233. The maximum Gasteiger partial charge on any atom is 0.227 e. The van der Waals surface area contributed by atoms with E-state index >= 15 is 0 Å². The average Bonchev–Trinajstić information content (AvgIpc) is 1.79. The molecular weight excluding hydrogens is 148 g/mol. The number of nitrogens with zero attached hydrogens (tertiary/aromatic N) is 1. The summed E-state index contributed by atoms with van der Waals surface area (Å²) in [5.41, 5.74) is 4.94. The van der Waals surface area contributed by atoms with E-state index in [4.69, 9.17) is 5.73 Å². The standard InChI is InChI=1S/C6H14N2OS/c1-8(2)3-4-10-5-6(7)9/h3-5H2,1-2H3,(H2,7,9). The van der Waals surface area contributed by atoms with Crippen molar-refractivity contribution in [1.82, 2.24) is 4.90 Å². The molecule has 4 heteroatoms. The van der Waals surface area contributed by atoms with Gasteiger partial charge in [-0.2, -0.15) is 11.8 Å². The van der Waals surface area contributed by atoms with Crippen LogP contribution in [-0.2, 0) is 4.79 Å². The zero-order chi connectivity index (χ0) is 7.98. The molecule has 0 saturated heterocycles. The van der Waals surface area contributed by atoms with Crippen molar-refractivity contribution in [3.8, 4) is 0 Å². The Morgan fingerprint density at radius 2 is 2.20 bits per heavy atom. The highest BCUT2D eigenvalue weighted by Gasteiger charge is 1.94. The van der Waals surface area contributed by atoms with Crippen LogP contribution < -0.4 is 5.73 Å². The summed E-state index contributed by atoms with van der Waals surface area (Å²) < 4.78 is 0. The number of rotatable bonds is 5. The van der Waals surface area contributed by atoms with Crippen LogP contribution in [0.4, 0.5) is 0 Å². The van der Waals surface area contributed by atoms with E-state index in [-0.39, 0.29) is 5.91 Å². The van der Waals surface area contributed by atoms with E-state index < -0.39 is 0 Å². The van der Waals surface area contributed by atoms with Crippen LogP contribution in [0.15, 0.2) is 0 Å². The Labute approximate surface area is 65.9 Å². The minimum absolute atomic E-state index is 0.233. The average molecular weight is 162 g/mol. The van der Waals surface area contributed by atoms with Crippen LogP contribution in [0.25, 0.3) is 0 Å². The van der Waals surface area contributed by atoms with Crippen molar-refractivity contribution in [2.75, 3.05) is 32.1 Å². The molecule has 0 bridgehead atoms. The fraction of sp³-hybridized carbons (Fsp3) is 0.833. The van der Waals surface area contributed by atoms with Crippen LogP contribution in [0.3, 0.4) is 0 Å². The van der Waals surface area contributed by atoms with Gasteiger partial charge >= 0.3 is 0 Å². The Morgan fingerprint density at radius 1 is 1.60 bits per heavy atom. The molecule has 0 rings (SSSR count). The van der Waals surface area contributed by atoms with Crippen molar-refractivity contribution in [1.29, 1.82) is 0 Å². The van der Waals surface area contributed by atoms with Gasteiger partial charge in [-0.05, 0) is 14.1 Å². The van der Waals surface area contributed by atoms with Gasteiger partial charge in [0.15, 0.2) is 0 Å². The number of nitrogens with two attached hydrogens (primary N) is 1. The summed E-state index contributed by atoms with van der Waals surface area (Å²) in [7, 11) is 4.01. The lowest BCUT2D eigenvalue weighted by Gasteiger charge is -2.07. The molecule has 0 atom stereocenters. The molecule has 3 nitrogen and oxygen atoms in total. The highest BCUT2D eigenvalue weighted by atomic mass is 32.2. The summed E-state index contributed by atoms with van der Waals surface area (Å²) in [5.74, 6) is 1.17. The summed E-state index contributed by atoms with van der Waals surface area (Å²) in [6.07, 6.45) is 0. The Hall–Kier alpha value is -0.220. The maximum atomic E-state index is 10.2. The van der Waals surface area contributed by atoms with Crippen molar-refractivity contribution < 1.29 is 4.79 Å². The summed E-state index contributed by atoms with van der Waals surface area (Å²) in [4.78, 5) is 12.3. The molecule has 10 heavy (non-hydrogen) atoms. The number of amides is 1. The topological polar surface area (TPSA) is 46.3 Å². The quantitative estimate of drug-likeness (QED) is 0.568. The van der Waals surface area contributed by atoms with Gasteiger partial charge in [-0.15, -0.1) is 0 Å². The summed E-state index contributed by atoms with van der Waals surface area (Å²) in [5, 5.41) is 0. The number of hydrogen-bond acceptors (Lipinski definition) is 3. The Balaban J connectivity index is 2.98. The van der Waals surface area contributed by atoms with Crippen molar-refractivity contribution in [2.45, 2.75) is 0 Å². The minimum atomic E-state index is -0.233. The Morgan fingerprint density at radius 3 is 2.60 bits per heavy atom. The molecule has 0 aliphatic rings. The number of primary amides is 1. The predicted molar refractivity (Wildman–Crippen MR) is 45.1 cm³/mol. The van der Waals surface area contributed by atoms with Crippen LogP contribution in [-0.4, -0.2) is 43.0 Å². The second kappa shape index (κ2) is 5.56. The molecule has 2 N–H and O–H groups in total. The molecule has 0 radical (unpaired) electrons. The molecule has 0 aromatic heterocycles. The van der Waals surface area contributed by atoms with Gasteiger partial charge in [0.2, 0.25) is 5.91 Å². The highest BCUT2D eigenvalue weighted by molar-refractivity contribution is 7.99. The second-order valence-electron chi connectivity index (χ2n) is 2.32. The van der Waals surface area contributed by atoms with Gasteiger partial charge < -0.3 is 10.6 Å². The molecule has 0 aliphatic heterocycles. The van der Waals surface area contributed by atoms with Crippen molar-refractivity contribution in [3.63, 3.8) is 0 Å². The number of hydrogen-bond donors (Lipinski definition) is 1. The van der Waals surface area contributed by atoms with Crippen molar-refractivity contribution >= 4 is 17.7 Å². The van der Waals surface area contributed by atoms with E-state index in [1.807, 2.05) is 14.1 Å².